The number of nitrogens with one attached hydrogen (secondary N) is 1. The van der Waals surface area contributed by atoms with Crippen molar-refractivity contribution in [3.63, 3.8) is 0 Å². The van der Waals surface area contributed by atoms with Crippen molar-refractivity contribution in [3.05, 3.63) is 0 Å². The monoisotopic (exact) mass is 361 g/mol. The average molecular weight is 361 g/mol. The molecule has 4 fully saturated rings. The first-order valence-electron chi connectivity index (χ1n) is 10.4. The number of piperidine rings is 1. The zero-order valence-electron chi connectivity index (χ0n) is 15.8. The Bertz CT molecular complexity index is 607. The van der Waals surface area contributed by atoms with E-state index in [2.05, 4.69) is 5.32 Å². The van der Waals surface area contributed by atoms with Gasteiger partial charge in [0.15, 0.2) is 0 Å². The van der Waals surface area contributed by atoms with E-state index in [1.807, 2.05) is 11.8 Å². The number of imide groups is 1. The highest BCUT2D eigenvalue weighted by Crippen LogP contribution is 2.39. The van der Waals surface area contributed by atoms with Gasteiger partial charge in [0.1, 0.15) is 12.1 Å². The van der Waals surface area contributed by atoms with Gasteiger partial charge in [-0.3, -0.25) is 14.5 Å². The van der Waals surface area contributed by atoms with Crippen LogP contribution in [0.3, 0.4) is 0 Å². The van der Waals surface area contributed by atoms with Crippen LogP contribution in [0.1, 0.15) is 64.7 Å². The summed E-state index contributed by atoms with van der Waals surface area (Å²) in [6.07, 6.45) is 9.83. The van der Waals surface area contributed by atoms with Gasteiger partial charge in [-0.15, -0.1) is 0 Å². The Hall–Kier alpha value is -1.59. The lowest BCUT2D eigenvalue weighted by atomic mass is 9.73. The number of fused-ring (bicyclic) bond motifs is 1. The van der Waals surface area contributed by atoms with E-state index in [9.17, 15) is 14.4 Å². The molecule has 1 spiro atoms. The molecule has 0 aromatic rings. The summed E-state index contributed by atoms with van der Waals surface area (Å²) in [5.41, 5.74) is -0.772. The molecule has 0 bridgehead atoms. The largest absolute Gasteiger partial charge is 0.341 e. The van der Waals surface area contributed by atoms with Crippen molar-refractivity contribution in [1.29, 1.82) is 0 Å². The standard InChI is InChI=1S/C20H31N3O3/c1-14-6-4-5-10-20(14)18(25)23(19(26)21-20)13-17(24)22-11-9-15-7-2-3-8-16(15)12-22/h14-16H,2-13H2,1H3,(H,21,26)/t14-,15-,16+,20+/m1/s1. The van der Waals surface area contributed by atoms with Gasteiger partial charge in [-0.25, -0.2) is 4.79 Å². The number of hydrogen-bond acceptors (Lipinski definition) is 3. The maximum atomic E-state index is 13.0. The predicted molar refractivity (Wildman–Crippen MR) is 97.3 cm³/mol. The van der Waals surface area contributed by atoms with Crippen molar-refractivity contribution in [2.45, 2.75) is 70.3 Å². The Labute approximate surface area is 155 Å². The molecule has 2 heterocycles. The van der Waals surface area contributed by atoms with E-state index in [0.29, 0.717) is 12.3 Å². The van der Waals surface area contributed by atoms with Crippen LogP contribution in [0.25, 0.3) is 0 Å². The second-order valence-electron chi connectivity index (χ2n) is 8.87. The summed E-state index contributed by atoms with van der Waals surface area (Å²) in [5.74, 6) is 1.24. The first-order valence-corrected chi connectivity index (χ1v) is 10.4. The number of amides is 4. The molecule has 1 N–H and O–H groups in total. The quantitative estimate of drug-likeness (QED) is 0.769. The lowest BCUT2D eigenvalue weighted by molar-refractivity contribution is -0.142. The first-order chi connectivity index (χ1) is 12.5. The fourth-order valence-electron chi connectivity index (χ4n) is 5.70. The van der Waals surface area contributed by atoms with Gasteiger partial charge in [-0.05, 0) is 43.4 Å². The first kappa shape index (κ1) is 17.8. The number of hydrogen-bond donors (Lipinski definition) is 1. The van der Waals surface area contributed by atoms with E-state index in [4.69, 9.17) is 0 Å². The third-order valence-electron chi connectivity index (χ3n) is 7.44. The van der Waals surface area contributed by atoms with E-state index >= 15 is 0 Å². The number of nitrogens with zero attached hydrogens (tertiary/aromatic N) is 2. The Balaban J connectivity index is 1.41. The fourth-order valence-corrected chi connectivity index (χ4v) is 5.70. The molecule has 2 saturated carbocycles. The van der Waals surface area contributed by atoms with Gasteiger partial charge in [0, 0.05) is 13.1 Å². The molecule has 2 aliphatic carbocycles. The van der Waals surface area contributed by atoms with Gasteiger partial charge < -0.3 is 10.2 Å². The number of carbonyl (C=O) groups is 3. The second-order valence-corrected chi connectivity index (χ2v) is 8.87. The summed E-state index contributed by atoms with van der Waals surface area (Å²) in [5, 5.41) is 2.94. The van der Waals surface area contributed by atoms with Gasteiger partial charge in [0.05, 0.1) is 0 Å². The number of urea groups is 1. The molecule has 4 aliphatic rings. The summed E-state index contributed by atoms with van der Waals surface area (Å²) >= 11 is 0. The van der Waals surface area contributed by atoms with Crippen molar-refractivity contribution < 1.29 is 14.4 Å². The van der Waals surface area contributed by atoms with Crippen LogP contribution < -0.4 is 5.32 Å². The van der Waals surface area contributed by atoms with Crippen molar-refractivity contribution in [1.82, 2.24) is 15.1 Å². The van der Waals surface area contributed by atoms with Crippen LogP contribution in [0.15, 0.2) is 0 Å². The van der Waals surface area contributed by atoms with Crippen LogP contribution in [-0.4, -0.2) is 52.8 Å². The summed E-state index contributed by atoms with van der Waals surface area (Å²) in [7, 11) is 0. The molecule has 0 aromatic carbocycles. The maximum absolute atomic E-state index is 13.0. The minimum absolute atomic E-state index is 0.0713. The van der Waals surface area contributed by atoms with Crippen LogP contribution >= 0.6 is 0 Å². The van der Waals surface area contributed by atoms with E-state index in [-0.39, 0.29) is 30.3 Å². The highest BCUT2D eigenvalue weighted by Gasteiger charge is 2.55. The third kappa shape index (κ3) is 2.91. The molecule has 26 heavy (non-hydrogen) atoms. The zero-order valence-corrected chi connectivity index (χ0v) is 15.8. The van der Waals surface area contributed by atoms with Crippen molar-refractivity contribution in [2.24, 2.45) is 17.8 Å². The SMILES string of the molecule is C[C@@H]1CCCC[C@]12NC(=O)N(CC(=O)N1CC[C@H]3CCCC[C@H]3C1)C2=O. The smallest absolute Gasteiger partial charge is 0.325 e. The van der Waals surface area contributed by atoms with Gasteiger partial charge in [-0.1, -0.05) is 39.0 Å². The van der Waals surface area contributed by atoms with Crippen LogP contribution in [-0.2, 0) is 9.59 Å². The summed E-state index contributed by atoms with van der Waals surface area (Å²) < 4.78 is 0. The predicted octanol–water partition coefficient (Wildman–Crippen LogP) is 2.53. The Morgan fingerprint density at radius 2 is 1.81 bits per heavy atom. The molecule has 4 amide bonds. The van der Waals surface area contributed by atoms with E-state index < -0.39 is 5.54 Å². The topological polar surface area (TPSA) is 69.7 Å². The molecule has 6 heteroatoms. The molecule has 4 atom stereocenters. The van der Waals surface area contributed by atoms with Gasteiger partial charge in [0.2, 0.25) is 5.91 Å². The molecular weight excluding hydrogens is 330 g/mol. The summed E-state index contributed by atoms with van der Waals surface area (Å²) in [4.78, 5) is 41.4. The molecule has 0 radical (unpaired) electrons. The highest BCUT2D eigenvalue weighted by molar-refractivity contribution is 6.09. The minimum atomic E-state index is -0.772. The van der Waals surface area contributed by atoms with E-state index in [1.54, 1.807) is 0 Å². The third-order valence-corrected chi connectivity index (χ3v) is 7.44. The van der Waals surface area contributed by atoms with Crippen LogP contribution in [0.2, 0.25) is 0 Å². The second kappa shape index (κ2) is 6.86. The van der Waals surface area contributed by atoms with Crippen LogP contribution in [0.5, 0.6) is 0 Å². The van der Waals surface area contributed by atoms with E-state index in [1.165, 1.54) is 30.6 Å². The molecule has 0 aromatic heterocycles. The molecule has 4 rings (SSSR count). The number of likely N-dealkylation sites (tertiary alicyclic amines) is 1. The lowest BCUT2D eigenvalue weighted by Crippen LogP contribution is -2.54. The van der Waals surface area contributed by atoms with Gasteiger partial charge >= 0.3 is 6.03 Å². The molecule has 2 saturated heterocycles. The molecular formula is C20H31N3O3. The summed E-state index contributed by atoms with van der Waals surface area (Å²) in [6, 6.07) is -0.385. The maximum Gasteiger partial charge on any atom is 0.325 e. The fraction of sp³-hybridized carbons (Fsp3) is 0.850. The van der Waals surface area contributed by atoms with Crippen LogP contribution in [0.4, 0.5) is 4.79 Å². The van der Waals surface area contributed by atoms with Crippen molar-refractivity contribution in [2.75, 3.05) is 19.6 Å². The summed E-state index contributed by atoms with van der Waals surface area (Å²) in [6.45, 7) is 3.51. The molecule has 2 aliphatic heterocycles. The highest BCUT2D eigenvalue weighted by atomic mass is 16.2. The number of carbonyl (C=O) groups excluding carboxylic acids is 3. The Kier molecular flexibility index (Phi) is 4.70. The molecule has 0 unspecified atom stereocenters. The van der Waals surface area contributed by atoms with Crippen molar-refractivity contribution in [3.8, 4) is 0 Å². The normalized spacial score (nSPS) is 37.7. The average Bonchev–Trinajstić information content (AvgIpc) is 2.89. The lowest BCUT2D eigenvalue weighted by Gasteiger charge is -2.41. The Morgan fingerprint density at radius 1 is 1.08 bits per heavy atom. The zero-order chi connectivity index (χ0) is 18.3. The number of rotatable bonds is 2. The van der Waals surface area contributed by atoms with Crippen LogP contribution in [0, 0.1) is 17.8 Å². The van der Waals surface area contributed by atoms with Crippen molar-refractivity contribution >= 4 is 17.8 Å². The van der Waals surface area contributed by atoms with E-state index in [0.717, 1.165) is 44.7 Å². The molecule has 6 nitrogen and oxygen atoms in total. The Morgan fingerprint density at radius 3 is 2.58 bits per heavy atom. The van der Waals surface area contributed by atoms with Gasteiger partial charge in [0.25, 0.3) is 5.91 Å². The minimum Gasteiger partial charge on any atom is -0.341 e. The molecule has 144 valence electrons. The van der Waals surface area contributed by atoms with Gasteiger partial charge in [-0.2, -0.15) is 0 Å².